The molecule has 1 aliphatic rings. The second-order valence-electron chi connectivity index (χ2n) is 16.2. The van der Waals surface area contributed by atoms with Gasteiger partial charge in [-0.3, -0.25) is 52.7 Å². The van der Waals surface area contributed by atoms with Crippen LogP contribution in [0.1, 0.15) is 96.1 Å². The van der Waals surface area contributed by atoms with Crippen molar-refractivity contribution in [3.63, 3.8) is 0 Å². The molecule has 1 fully saturated rings. The first kappa shape index (κ1) is 53.2. The molecule has 1 heterocycles. The summed E-state index contributed by atoms with van der Waals surface area (Å²) in [6.45, 7) is 5.22. The quantitative estimate of drug-likeness (QED) is 0.0570. The van der Waals surface area contributed by atoms with Crippen LogP contribution in [0.4, 0.5) is 0 Å². The molecule has 21 nitrogen and oxygen atoms in total. The van der Waals surface area contributed by atoms with Crippen LogP contribution in [0, 0.1) is 5.92 Å². The number of amides is 7. The molecule has 2 aromatic rings. The highest BCUT2D eigenvalue weighted by atomic mass is 16.4. The fraction of sp³-hybridized carbons (Fsp3) is 0.489. The highest BCUT2D eigenvalue weighted by molar-refractivity contribution is 6.38. The average molecular weight is 922 g/mol. The number of carboxylic acid groups (broad SMARTS) is 3. The summed E-state index contributed by atoms with van der Waals surface area (Å²) < 4.78 is 0. The summed E-state index contributed by atoms with van der Waals surface area (Å²) in [6, 6.07) is 9.06. The first-order valence-corrected chi connectivity index (χ1v) is 21.6. The van der Waals surface area contributed by atoms with Crippen LogP contribution in [-0.2, 0) is 52.7 Å². The largest absolute Gasteiger partial charge is 0.481 e. The van der Waals surface area contributed by atoms with E-state index in [0.29, 0.717) is 24.0 Å². The number of nitrogens with zero attached hydrogens (tertiary/aromatic N) is 1. The average Bonchev–Trinajstić information content (AvgIpc) is 3.77. The maximum absolute atomic E-state index is 15.1. The Labute approximate surface area is 381 Å². The molecule has 358 valence electrons. The summed E-state index contributed by atoms with van der Waals surface area (Å²) in [5.41, 5.74) is 1.17. The Hall–Kier alpha value is -7.19. The first-order valence-electron chi connectivity index (χ1n) is 21.6. The molecule has 6 atom stereocenters. The van der Waals surface area contributed by atoms with Gasteiger partial charge in [-0.25, -0.2) is 0 Å². The number of rotatable bonds is 26. The van der Waals surface area contributed by atoms with Gasteiger partial charge in [0.05, 0.1) is 6.04 Å². The minimum absolute atomic E-state index is 0.0261. The number of hydrogen-bond acceptors (Lipinski definition) is 11. The van der Waals surface area contributed by atoms with Gasteiger partial charge in [0.25, 0.3) is 5.91 Å². The molecule has 0 aromatic heterocycles. The zero-order valence-electron chi connectivity index (χ0n) is 37.2. The second-order valence-corrected chi connectivity index (χ2v) is 16.2. The fourth-order valence-corrected chi connectivity index (χ4v) is 7.52. The number of carbonyl (C=O) groups excluding carboxylic acids is 8. The summed E-state index contributed by atoms with van der Waals surface area (Å²) in [7, 11) is 0. The highest BCUT2D eigenvalue weighted by Gasteiger charge is 2.43. The number of likely N-dealkylation sites (tertiary alicyclic amines) is 1. The molecule has 3 rings (SSSR count). The van der Waals surface area contributed by atoms with E-state index in [1.807, 2.05) is 5.32 Å². The van der Waals surface area contributed by atoms with Crippen LogP contribution in [0.3, 0.4) is 0 Å². The molecular formula is C45H59N7O14. The number of nitrogens with one attached hydrogen (secondary N) is 6. The minimum Gasteiger partial charge on any atom is -0.481 e. The number of ketones is 1. The van der Waals surface area contributed by atoms with Crippen LogP contribution < -0.4 is 31.9 Å². The van der Waals surface area contributed by atoms with Gasteiger partial charge in [0.15, 0.2) is 0 Å². The zero-order chi connectivity index (χ0) is 49.1. The summed E-state index contributed by atoms with van der Waals surface area (Å²) >= 11 is 0. The number of carbonyl (C=O) groups is 11. The molecule has 2 aromatic carbocycles. The lowest BCUT2D eigenvalue weighted by Crippen LogP contribution is -2.61. The maximum atomic E-state index is 15.1. The molecule has 0 radical (unpaired) electrons. The Morgan fingerprint density at radius 3 is 1.64 bits per heavy atom. The van der Waals surface area contributed by atoms with Gasteiger partial charge in [-0.05, 0) is 49.1 Å². The van der Waals surface area contributed by atoms with Crippen molar-refractivity contribution in [3.8, 4) is 0 Å². The molecule has 1 aliphatic heterocycles. The molecule has 66 heavy (non-hydrogen) atoms. The van der Waals surface area contributed by atoms with E-state index >= 15 is 4.79 Å². The lowest BCUT2D eigenvalue weighted by atomic mass is 9.83. The lowest BCUT2D eigenvalue weighted by Gasteiger charge is -2.35. The van der Waals surface area contributed by atoms with Gasteiger partial charge in [-0.2, -0.15) is 0 Å². The second kappa shape index (κ2) is 25.9. The van der Waals surface area contributed by atoms with Crippen molar-refractivity contribution in [1.82, 2.24) is 36.8 Å². The Bertz CT molecular complexity index is 2040. The van der Waals surface area contributed by atoms with Gasteiger partial charge >= 0.3 is 17.9 Å². The van der Waals surface area contributed by atoms with Crippen molar-refractivity contribution in [3.05, 3.63) is 71.8 Å². The smallest absolute Gasteiger partial charge is 0.322 e. The Balaban J connectivity index is 2.03. The van der Waals surface area contributed by atoms with E-state index in [1.165, 1.54) is 4.90 Å². The molecule has 0 unspecified atom stereocenters. The van der Waals surface area contributed by atoms with Gasteiger partial charge < -0.3 is 52.1 Å². The van der Waals surface area contributed by atoms with Crippen molar-refractivity contribution >= 4 is 65.0 Å². The predicted octanol–water partition coefficient (Wildman–Crippen LogP) is 0.209. The topological polar surface area (TPSA) is 324 Å². The Morgan fingerprint density at radius 1 is 0.636 bits per heavy atom. The van der Waals surface area contributed by atoms with E-state index in [9.17, 15) is 58.2 Å². The molecule has 1 saturated heterocycles. The van der Waals surface area contributed by atoms with E-state index < -0.39 is 139 Å². The molecule has 0 bridgehead atoms. The van der Waals surface area contributed by atoms with Crippen LogP contribution in [0.15, 0.2) is 60.7 Å². The first-order chi connectivity index (χ1) is 31.2. The van der Waals surface area contributed by atoms with E-state index in [0.717, 1.165) is 6.92 Å². The molecule has 0 spiro atoms. The monoisotopic (exact) mass is 921 g/mol. The minimum atomic E-state index is -1.59. The van der Waals surface area contributed by atoms with Crippen LogP contribution in [-0.4, -0.2) is 135 Å². The van der Waals surface area contributed by atoms with Gasteiger partial charge in [-0.15, -0.1) is 0 Å². The summed E-state index contributed by atoms with van der Waals surface area (Å²) in [5.74, 6) is -12.8. The Kier molecular flexibility index (Phi) is 20.9. The van der Waals surface area contributed by atoms with Crippen molar-refractivity contribution < 1.29 is 68.1 Å². The van der Waals surface area contributed by atoms with E-state index in [4.69, 9.17) is 5.11 Å². The molecule has 0 saturated carbocycles. The Morgan fingerprint density at radius 2 is 1.15 bits per heavy atom. The SMILES string of the molecule is CCC[C@H](NC(=O)[C@@H]1CCCN1C(=O)[C@@H](NC(=O)[C@@H](NC(=O)[C@H](CCC(=O)O)NC(=O)[C@H](CCC(=O)O)NC(C)=O)C(C)C)C(c1ccccc1)c1ccccc1)C(=O)C(=O)NCC(=O)O. The number of Topliss-reactive ketones (excluding diaryl/α,β-unsaturated/α-hetero) is 1. The van der Waals surface area contributed by atoms with Crippen molar-refractivity contribution in [2.24, 2.45) is 5.92 Å². The standard InChI is InChI=1S/C45H59N7O14/c1-5-13-29(39(60)44(65)46-24-35(58)59)48-42(63)32-18-12-23-52(32)45(66)38(36(27-14-8-6-9-15-27)28-16-10-7-11-17-28)51-43(64)37(25(2)3)50-41(62)31(20-22-34(56)57)49-40(61)30(47-26(4)53)19-21-33(54)55/h6-11,14-17,25,29-32,36-38H,5,12-13,18-24H2,1-4H3,(H,46,65)(H,47,53)(H,48,63)(H,49,61)(H,50,62)(H,51,64)(H,54,55)(H,56,57)(H,58,59)/t29-,30-,31-,32-,37-,38-/m0/s1. The van der Waals surface area contributed by atoms with E-state index in [1.54, 1.807) is 81.4 Å². The van der Waals surface area contributed by atoms with Crippen LogP contribution >= 0.6 is 0 Å². The zero-order valence-corrected chi connectivity index (χ0v) is 37.2. The molecule has 7 amide bonds. The highest BCUT2D eigenvalue weighted by Crippen LogP contribution is 2.31. The van der Waals surface area contributed by atoms with Crippen molar-refractivity contribution in [1.29, 1.82) is 0 Å². The molecule has 0 aliphatic carbocycles. The summed E-state index contributed by atoms with van der Waals surface area (Å²) in [5, 5.41) is 42.3. The molecule has 21 heteroatoms. The molecular weight excluding hydrogens is 863 g/mol. The van der Waals surface area contributed by atoms with Crippen molar-refractivity contribution in [2.75, 3.05) is 13.1 Å². The van der Waals surface area contributed by atoms with Gasteiger partial charge in [0, 0.05) is 32.2 Å². The van der Waals surface area contributed by atoms with Crippen LogP contribution in [0.25, 0.3) is 0 Å². The normalized spacial score (nSPS) is 15.5. The number of carboxylic acids is 3. The van der Waals surface area contributed by atoms with Gasteiger partial charge in [0.2, 0.25) is 41.2 Å². The molecule has 9 N–H and O–H groups in total. The predicted molar refractivity (Wildman–Crippen MR) is 234 cm³/mol. The van der Waals surface area contributed by atoms with E-state index in [2.05, 4.69) is 26.6 Å². The van der Waals surface area contributed by atoms with E-state index in [-0.39, 0.29) is 25.8 Å². The van der Waals surface area contributed by atoms with Crippen LogP contribution in [0.5, 0.6) is 0 Å². The summed E-state index contributed by atoms with van der Waals surface area (Å²) in [4.78, 5) is 144. The third-order valence-electron chi connectivity index (χ3n) is 10.8. The van der Waals surface area contributed by atoms with Gasteiger partial charge in [-0.1, -0.05) is 87.9 Å². The third-order valence-corrected chi connectivity index (χ3v) is 10.8. The number of benzene rings is 2. The summed E-state index contributed by atoms with van der Waals surface area (Å²) in [6.07, 6.45) is -1.10. The van der Waals surface area contributed by atoms with Gasteiger partial charge in [0.1, 0.15) is 36.8 Å². The number of hydrogen-bond donors (Lipinski definition) is 9. The maximum Gasteiger partial charge on any atom is 0.322 e. The fourth-order valence-electron chi connectivity index (χ4n) is 7.52. The van der Waals surface area contributed by atoms with Crippen LogP contribution in [0.2, 0.25) is 0 Å². The number of aliphatic carboxylic acids is 3. The lowest BCUT2D eigenvalue weighted by molar-refractivity contribution is -0.144. The third kappa shape index (κ3) is 16.1. The van der Waals surface area contributed by atoms with Crippen molar-refractivity contribution in [2.45, 2.75) is 121 Å².